The smallest absolute Gasteiger partial charge is 0.00696 e. The van der Waals surface area contributed by atoms with Crippen LogP contribution in [-0.2, 0) is 0 Å². The fraction of sp³-hybridized carbons (Fsp3) is 0.905. The number of hydrogen-bond acceptors (Lipinski definition) is 1. The molecule has 1 rings (SSSR count). The molecule has 1 heteroatoms. The van der Waals surface area contributed by atoms with Gasteiger partial charge in [-0.2, -0.15) is 0 Å². The minimum atomic E-state index is 0.747. The Hall–Kier alpha value is -0.300. The summed E-state index contributed by atoms with van der Waals surface area (Å²) in [5, 5.41) is 3.74. The molecule has 0 aliphatic carbocycles. The van der Waals surface area contributed by atoms with Gasteiger partial charge in [-0.05, 0) is 51.9 Å². The average Bonchev–Trinajstić information content (AvgIpc) is 2.52. The van der Waals surface area contributed by atoms with Crippen LogP contribution >= 0.6 is 0 Å². The number of nitrogens with one attached hydrogen (secondary N) is 1. The molecule has 0 aromatic heterocycles. The molecular weight excluding hydrogens is 266 g/mol. The highest BCUT2D eigenvalue weighted by Gasteiger charge is 2.16. The van der Waals surface area contributed by atoms with Gasteiger partial charge < -0.3 is 5.32 Å². The van der Waals surface area contributed by atoms with Crippen LogP contribution in [0.4, 0.5) is 0 Å². The molecule has 0 aromatic carbocycles. The largest absolute Gasteiger partial charge is 0.312 e. The topological polar surface area (TPSA) is 12.0 Å². The van der Waals surface area contributed by atoms with Gasteiger partial charge in [-0.25, -0.2) is 0 Å². The van der Waals surface area contributed by atoms with Gasteiger partial charge in [-0.1, -0.05) is 70.4 Å². The zero-order chi connectivity index (χ0) is 15.9. The number of allylic oxidation sites excluding steroid dienone is 2. The Balaban J connectivity index is 1.80. The van der Waals surface area contributed by atoms with E-state index < -0.39 is 0 Å². The van der Waals surface area contributed by atoms with E-state index in [2.05, 4.69) is 31.3 Å². The molecule has 1 N–H and O–H groups in total. The Morgan fingerprint density at radius 3 is 2.14 bits per heavy atom. The Bertz CT molecular complexity index is 259. The molecule has 0 spiro atoms. The number of piperidine rings is 1. The molecule has 1 saturated heterocycles. The Morgan fingerprint density at radius 2 is 1.45 bits per heavy atom. The third-order valence-corrected chi connectivity index (χ3v) is 5.02. The highest BCUT2D eigenvalue weighted by molar-refractivity contribution is 4.83. The van der Waals surface area contributed by atoms with Crippen molar-refractivity contribution in [2.75, 3.05) is 0 Å². The van der Waals surface area contributed by atoms with Gasteiger partial charge in [-0.15, -0.1) is 0 Å². The molecule has 130 valence electrons. The second-order valence-electron chi connectivity index (χ2n) is 7.36. The summed E-state index contributed by atoms with van der Waals surface area (Å²) in [6, 6.07) is 1.54. The van der Waals surface area contributed by atoms with Crippen molar-refractivity contribution in [1.29, 1.82) is 0 Å². The first-order chi connectivity index (χ1) is 10.8. The minimum absolute atomic E-state index is 0.747. The summed E-state index contributed by atoms with van der Waals surface area (Å²) in [6.07, 6.45) is 25.8. The molecule has 0 aromatic rings. The van der Waals surface area contributed by atoms with E-state index in [1.807, 2.05) is 0 Å². The van der Waals surface area contributed by atoms with Crippen molar-refractivity contribution >= 4 is 0 Å². The first-order valence-corrected chi connectivity index (χ1v) is 10.2. The van der Waals surface area contributed by atoms with E-state index in [1.54, 1.807) is 0 Å². The molecule has 1 aliphatic rings. The third kappa shape index (κ3) is 11.3. The van der Waals surface area contributed by atoms with Crippen LogP contribution in [0.25, 0.3) is 0 Å². The maximum Gasteiger partial charge on any atom is 0.00696 e. The quantitative estimate of drug-likeness (QED) is 0.292. The van der Waals surface area contributed by atoms with E-state index in [4.69, 9.17) is 0 Å². The molecule has 0 bridgehead atoms. The standard InChI is InChI=1S/C21H41N/c1-3-4-5-6-7-8-9-10-11-12-13-14-15-18-21-19-16-17-20(2)22-21/h12-13,20-22H,3-11,14-19H2,1-2H3/t20-,21-/m0/s1. The second-order valence-corrected chi connectivity index (χ2v) is 7.36. The maximum atomic E-state index is 3.74. The molecule has 2 atom stereocenters. The van der Waals surface area contributed by atoms with Crippen LogP contribution < -0.4 is 5.32 Å². The summed E-state index contributed by atoms with van der Waals surface area (Å²) in [5.74, 6) is 0. The van der Waals surface area contributed by atoms with Crippen LogP contribution in [0, 0.1) is 0 Å². The van der Waals surface area contributed by atoms with E-state index in [0.29, 0.717) is 0 Å². The summed E-state index contributed by atoms with van der Waals surface area (Å²) in [4.78, 5) is 0. The number of unbranched alkanes of at least 4 members (excludes halogenated alkanes) is 9. The Kier molecular flexibility index (Phi) is 12.8. The first-order valence-electron chi connectivity index (χ1n) is 10.2. The lowest BCUT2D eigenvalue weighted by Crippen LogP contribution is -2.40. The van der Waals surface area contributed by atoms with Gasteiger partial charge in [0.05, 0.1) is 0 Å². The van der Waals surface area contributed by atoms with E-state index in [-0.39, 0.29) is 0 Å². The van der Waals surface area contributed by atoms with Gasteiger partial charge >= 0.3 is 0 Å². The molecule has 0 amide bonds. The lowest BCUT2D eigenvalue weighted by Gasteiger charge is -2.28. The van der Waals surface area contributed by atoms with Crippen LogP contribution in [0.2, 0.25) is 0 Å². The van der Waals surface area contributed by atoms with Gasteiger partial charge in [0, 0.05) is 12.1 Å². The van der Waals surface area contributed by atoms with Crippen molar-refractivity contribution in [2.45, 2.75) is 122 Å². The zero-order valence-electron chi connectivity index (χ0n) is 15.4. The maximum absolute atomic E-state index is 3.74. The first kappa shape index (κ1) is 19.7. The van der Waals surface area contributed by atoms with Crippen molar-refractivity contribution in [1.82, 2.24) is 5.32 Å². The monoisotopic (exact) mass is 307 g/mol. The van der Waals surface area contributed by atoms with Gasteiger partial charge in [0.25, 0.3) is 0 Å². The molecule has 0 radical (unpaired) electrons. The molecule has 0 unspecified atom stereocenters. The predicted molar refractivity (Wildman–Crippen MR) is 100 cm³/mol. The van der Waals surface area contributed by atoms with Crippen molar-refractivity contribution in [3.63, 3.8) is 0 Å². The molecular formula is C21H41N. The van der Waals surface area contributed by atoms with Gasteiger partial charge in [0.1, 0.15) is 0 Å². The van der Waals surface area contributed by atoms with Crippen molar-refractivity contribution in [3.05, 3.63) is 12.2 Å². The van der Waals surface area contributed by atoms with Crippen molar-refractivity contribution in [2.24, 2.45) is 0 Å². The van der Waals surface area contributed by atoms with Crippen LogP contribution in [0.1, 0.15) is 110 Å². The van der Waals surface area contributed by atoms with Gasteiger partial charge in [0.2, 0.25) is 0 Å². The normalized spacial score (nSPS) is 22.5. The number of hydrogen-bond donors (Lipinski definition) is 1. The SMILES string of the molecule is CCCCCCCCCCC=CCCC[C@H]1CCC[C@H](C)N1. The fourth-order valence-corrected chi connectivity index (χ4v) is 3.58. The van der Waals surface area contributed by atoms with Crippen LogP contribution in [0.5, 0.6) is 0 Å². The Morgan fingerprint density at radius 1 is 0.818 bits per heavy atom. The summed E-state index contributed by atoms with van der Waals surface area (Å²) >= 11 is 0. The summed E-state index contributed by atoms with van der Waals surface area (Å²) < 4.78 is 0. The molecule has 22 heavy (non-hydrogen) atoms. The molecule has 0 saturated carbocycles. The third-order valence-electron chi connectivity index (χ3n) is 5.02. The summed E-state index contributed by atoms with van der Waals surface area (Å²) in [5.41, 5.74) is 0. The molecule has 1 nitrogen and oxygen atoms in total. The van der Waals surface area contributed by atoms with Crippen molar-refractivity contribution in [3.8, 4) is 0 Å². The average molecular weight is 308 g/mol. The van der Waals surface area contributed by atoms with Gasteiger partial charge in [-0.3, -0.25) is 0 Å². The second kappa shape index (κ2) is 14.3. The summed E-state index contributed by atoms with van der Waals surface area (Å²) in [6.45, 7) is 4.62. The number of rotatable bonds is 13. The van der Waals surface area contributed by atoms with E-state index >= 15 is 0 Å². The van der Waals surface area contributed by atoms with Crippen LogP contribution in [0.3, 0.4) is 0 Å². The predicted octanol–water partition coefficient (Wildman–Crippen LogP) is 6.77. The Labute approximate surface area is 140 Å². The van der Waals surface area contributed by atoms with E-state index in [1.165, 1.54) is 96.3 Å². The zero-order valence-corrected chi connectivity index (χ0v) is 15.4. The molecule has 1 heterocycles. The molecule has 1 fully saturated rings. The van der Waals surface area contributed by atoms with Gasteiger partial charge in [0.15, 0.2) is 0 Å². The van der Waals surface area contributed by atoms with Crippen molar-refractivity contribution < 1.29 is 0 Å². The lowest BCUT2D eigenvalue weighted by atomic mass is 9.96. The van der Waals surface area contributed by atoms with Crippen LogP contribution in [0.15, 0.2) is 12.2 Å². The van der Waals surface area contributed by atoms with E-state index in [9.17, 15) is 0 Å². The lowest BCUT2D eigenvalue weighted by molar-refractivity contribution is 0.318. The van der Waals surface area contributed by atoms with E-state index in [0.717, 1.165) is 12.1 Å². The molecule has 1 aliphatic heterocycles. The summed E-state index contributed by atoms with van der Waals surface area (Å²) in [7, 11) is 0. The van der Waals surface area contributed by atoms with Crippen LogP contribution in [-0.4, -0.2) is 12.1 Å². The highest BCUT2D eigenvalue weighted by atomic mass is 15.0. The minimum Gasteiger partial charge on any atom is -0.312 e. The fourth-order valence-electron chi connectivity index (χ4n) is 3.58. The highest BCUT2D eigenvalue weighted by Crippen LogP contribution is 2.17.